The van der Waals surface area contributed by atoms with E-state index in [0.717, 1.165) is 34.7 Å². The second kappa shape index (κ2) is 7.13. The van der Waals surface area contributed by atoms with Crippen molar-refractivity contribution < 1.29 is 4.74 Å². The first-order chi connectivity index (χ1) is 7.27. The zero-order valence-electron chi connectivity index (χ0n) is 8.93. The Morgan fingerprint density at radius 3 is 2.80 bits per heavy atom. The summed E-state index contributed by atoms with van der Waals surface area (Å²) in [5.41, 5.74) is 1.11. The Labute approximate surface area is 105 Å². The van der Waals surface area contributed by atoms with E-state index < -0.39 is 0 Å². The van der Waals surface area contributed by atoms with Gasteiger partial charge in [0.2, 0.25) is 0 Å². The molecule has 0 spiro atoms. The lowest BCUT2D eigenvalue weighted by Gasteiger charge is -2.09. The molecule has 0 bridgehead atoms. The van der Waals surface area contributed by atoms with Crippen molar-refractivity contribution in [2.75, 3.05) is 6.61 Å². The highest BCUT2D eigenvalue weighted by Gasteiger charge is 2.02. The molecule has 1 aromatic carbocycles. The predicted octanol–water partition coefficient (Wildman–Crippen LogP) is 4.80. The van der Waals surface area contributed by atoms with E-state index >= 15 is 0 Å². The quantitative estimate of drug-likeness (QED) is 0.540. The molecule has 0 aliphatic carbocycles. The molecular formula is C12H16BrClO. The Morgan fingerprint density at radius 2 is 2.13 bits per heavy atom. The highest BCUT2D eigenvalue weighted by Crippen LogP contribution is 2.25. The molecule has 0 N–H and O–H groups in total. The molecular weight excluding hydrogens is 275 g/mol. The Hall–Kier alpha value is -0.210. The number of hydrogen-bond donors (Lipinski definition) is 0. The Balaban J connectivity index is 2.52. The van der Waals surface area contributed by atoms with Gasteiger partial charge in [0.05, 0.1) is 6.61 Å². The highest BCUT2D eigenvalue weighted by atomic mass is 79.9. The maximum Gasteiger partial charge on any atom is 0.123 e. The van der Waals surface area contributed by atoms with Crippen LogP contribution in [0.3, 0.4) is 0 Å². The number of unbranched alkanes of at least 4 members (excludes halogenated alkanes) is 2. The van der Waals surface area contributed by atoms with Gasteiger partial charge < -0.3 is 4.74 Å². The van der Waals surface area contributed by atoms with Crippen molar-refractivity contribution in [2.45, 2.75) is 31.5 Å². The molecule has 0 atom stereocenters. The molecule has 0 unspecified atom stereocenters. The monoisotopic (exact) mass is 290 g/mol. The average molecular weight is 292 g/mol. The van der Waals surface area contributed by atoms with Crippen LogP contribution in [0.25, 0.3) is 0 Å². The van der Waals surface area contributed by atoms with Gasteiger partial charge >= 0.3 is 0 Å². The van der Waals surface area contributed by atoms with E-state index in [2.05, 4.69) is 22.9 Å². The number of benzene rings is 1. The molecule has 84 valence electrons. The fourth-order valence-corrected chi connectivity index (χ4v) is 1.96. The third-order valence-electron chi connectivity index (χ3n) is 2.17. The first-order valence-corrected chi connectivity index (χ1v) is 6.75. The highest BCUT2D eigenvalue weighted by molar-refractivity contribution is 9.08. The van der Waals surface area contributed by atoms with Gasteiger partial charge in [-0.05, 0) is 24.6 Å². The summed E-state index contributed by atoms with van der Waals surface area (Å²) in [6, 6.07) is 5.74. The van der Waals surface area contributed by atoms with Gasteiger partial charge in [-0.25, -0.2) is 0 Å². The van der Waals surface area contributed by atoms with Crippen molar-refractivity contribution in [1.82, 2.24) is 0 Å². The fraction of sp³-hybridized carbons (Fsp3) is 0.500. The second-order valence-corrected chi connectivity index (χ2v) is 4.44. The summed E-state index contributed by atoms with van der Waals surface area (Å²) < 4.78 is 5.70. The van der Waals surface area contributed by atoms with Crippen LogP contribution in [0.5, 0.6) is 5.75 Å². The van der Waals surface area contributed by atoms with Gasteiger partial charge in [0.15, 0.2) is 0 Å². The zero-order valence-corrected chi connectivity index (χ0v) is 11.3. The van der Waals surface area contributed by atoms with Crippen LogP contribution < -0.4 is 4.74 Å². The van der Waals surface area contributed by atoms with Crippen LogP contribution in [-0.2, 0) is 5.33 Å². The van der Waals surface area contributed by atoms with Crippen molar-refractivity contribution in [1.29, 1.82) is 0 Å². The largest absolute Gasteiger partial charge is 0.493 e. The lowest BCUT2D eigenvalue weighted by Crippen LogP contribution is -1.99. The predicted molar refractivity (Wildman–Crippen MR) is 69.1 cm³/mol. The van der Waals surface area contributed by atoms with Gasteiger partial charge in [-0.3, -0.25) is 0 Å². The number of rotatable bonds is 6. The number of hydrogen-bond acceptors (Lipinski definition) is 1. The van der Waals surface area contributed by atoms with Crippen molar-refractivity contribution >= 4 is 27.5 Å². The standard InChI is InChI=1S/C12H16BrClO/c1-2-3-4-7-15-12-6-5-11(14)8-10(12)9-13/h5-6,8H,2-4,7,9H2,1H3. The minimum Gasteiger partial charge on any atom is -0.493 e. The van der Waals surface area contributed by atoms with Crippen LogP contribution >= 0.6 is 27.5 Å². The summed E-state index contributed by atoms with van der Waals surface area (Å²) >= 11 is 9.33. The molecule has 0 aromatic heterocycles. The van der Waals surface area contributed by atoms with Crippen molar-refractivity contribution in [3.05, 3.63) is 28.8 Å². The minimum absolute atomic E-state index is 0.755. The first-order valence-electron chi connectivity index (χ1n) is 5.25. The molecule has 0 heterocycles. The summed E-state index contributed by atoms with van der Waals surface area (Å²) in [5.74, 6) is 0.937. The van der Waals surface area contributed by atoms with Gasteiger partial charge in [-0.1, -0.05) is 47.3 Å². The van der Waals surface area contributed by atoms with Gasteiger partial charge in [0, 0.05) is 15.9 Å². The molecule has 1 rings (SSSR count). The van der Waals surface area contributed by atoms with E-state index in [-0.39, 0.29) is 0 Å². The molecule has 1 nitrogen and oxygen atoms in total. The number of ether oxygens (including phenoxy) is 1. The van der Waals surface area contributed by atoms with Crippen LogP contribution in [-0.4, -0.2) is 6.61 Å². The van der Waals surface area contributed by atoms with E-state index in [0.29, 0.717) is 0 Å². The maximum absolute atomic E-state index is 5.90. The summed E-state index contributed by atoms with van der Waals surface area (Å²) in [6.45, 7) is 2.97. The molecule has 3 heteroatoms. The topological polar surface area (TPSA) is 9.23 Å². The summed E-state index contributed by atoms with van der Waals surface area (Å²) in [4.78, 5) is 0. The Kier molecular flexibility index (Phi) is 6.11. The van der Waals surface area contributed by atoms with Crippen molar-refractivity contribution in [3.8, 4) is 5.75 Å². The van der Waals surface area contributed by atoms with E-state index in [4.69, 9.17) is 16.3 Å². The minimum atomic E-state index is 0.755. The van der Waals surface area contributed by atoms with Crippen LogP contribution in [0.4, 0.5) is 0 Å². The third-order valence-corrected chi connectivity index (χ3v) is 3.01. The number of halogens is 2. The van der Waals surface area contributed by atoms with E-state index in [9.17, 15) is 0 Å². The second-order valence-electron chi connectivity index (χ2n) is 3.44. The average Bonchev–Trinajstić information content (AvgIpc) is 2.26. The lowest BCUT2D eigenvalue weighted by molar-refractivity contribution is 0.304. The molecule has 15 heavy (non-hydrogen) atoms. The normalized spacial score (nSPS) is 10.3. The first kappa shape index (κ1) is 12.9. The van der Waals surface area contributed by atoms with Crippen molar-refractivity contribution in [3.63, 3.8) is 0 Å². The molecule has 0 aliphatic heterocycles. The molecule has 0 saturated carbocycles. The smallest absolute Gasteiger partial charge is 0.123 e. The van der Waals surface area contributed by atoms with Gasteiger partial charge in [0.1, 0.15) is 5.75 Å². The summed E-state index contributed by atoms with van der Waals surface area (Å²) in [7, 11) is 0. The van der Waals surface area contributed by atoms with E-state index in [1.165, 1.54) is 12.8 Å². The van der Waals surface area contributed by atoms with Gasteiger partial charge in [-0.15, -0.1) is 0 Å². The van der Waals surface area contributed by atoms with Gasteiger partial charge in [0.25, 0.3) is 0 Å². The van der Waals surface area contributed by atoms with Crippen LogP contribution in [0.15, 0.2) is 18.2 Å². The number of alkyl halides is 1. The lowest BCUT2D eigenvalue weighted by atomic mass is 10.2. The molecule has 0 saturated heterocycles. The molecule has 0 fully saturated rings. The zero-order chi connectivity index (χ0) is 11.1. The Morgan fingerprint density at radius 1 is 1.33 bits per heavy atom. The van der Waals surface area contributed by atoms with Crippen LogP contribution in [0.1, 0.15) is 31.7 Å². The summed E-state index contributed by atoms with van der Waals surface area (Å²) in [5, 5.41) is 1.53. The van der Waals surface area contributed by atoms with E-state index in [1.54, 1.807) is 0 Å². The van der Waals surface area contributed by atoms with Crippen LogP contribution in [0, 0.1) is 0 Å². The molecule has 1 aromatic rings. The molecule has 0 radical (unpaired) electrons. The fourth-order valence-electron chi connectivity index (χ4n) is 1.33. The summed E-state index contributed by atoms with van der Waals surface area (Å²) in [6.07, 6.45) is 3.55. The Bertz CT molecular complexity index is 302. The molecule has 0 aliphatic rings. The van der Waals surface area contributed by atoms with Crippen molar-refractivity contribution in [2.24, 2.45) is 0 Å². The van der Waals surface area contributed by atoms with Crippen LogP contribution in [0.2, 0.25) is 5.02 Å². The maximum atomic E-state index is 5.90. The molecule has 0 amide bonds. The van der Waals surface area contributed by atoms with Gasteiger partial charge in [-0.2, -0.15) is 0 Å². The van der Waals surface area contributed by atoms with E-state index in [1.807, 2.05) is 18.2 Å². The SMILES string of the molecule is CCCCCOc1ccc(Cl)cc1CBr. The third kappa shape index (κ3) is 4.43.